The van der Waals surface area contributed by atoms with E-state index in [2.05, 4.69) is 15.6 Å². The lowest BCUT2D eigenvalue weighted by atomic mass is 10.1. The number of nitrogens with zero attached hydrogens (tertiary/aromatic N) is 3. The van der Waals surface area contributed by atoms with E-state index >= 15 is 0 Å². The molecule has 1 atom stereocenters. The van der Waals surface area contributed by atoms with Crippen molar-refractivity contribution in [3.63, 3.8) is 0 Å². The largest absolute Gasteiger partial charge is 0.449 e. The summed E-state index contributed by atoms with van der Waals surface area (Å²) in [5.74, 6) is -1.37. The molecule has 3 amide bonds. The average molecular weight is 576 g/mol. The molecule has 1 saturated heterocycles. The molecule has 12 nitrogen and oxygen atoms in total. The molecule has 0 radical (unpaired) electrons. The van der Waals surface area contributed by atoms with Crippen molar-refractivity contribution in [3.05, 3.63) is 48.2 Å². The van der Waals surface area contributed by atoms with Gasteiger partial charge in [0.05, 0.1) is 18.5 Å². The molecule has 1 fully saturated rings. The van der Waals surface area contributed by atoms with Crippen molar-refractivity contribution < 1.29 is 33.5 Å². The van der Waals surface area contributed by atoms with E-state index in [4.69, 9.17) is 4.74 Å². The summed E-state index contributed by atoms with van der Waals surface area (Å²) in [5.41, 5.74) is 1.97. The smallest absolute Gasteiger partial charge is 0.409 e. The molecule has 0 bridgehead atoms. The quantitative estimate of drug-likeness (QED) is 0.220. The van der Waals surface area contributed by atoms with Crippen LogP contribution < -0.4 is 10.6 Å². The zero-order chi connectivity index (χ0) is 29.1. The van der Waals surface area contributed by atoms with Crippen LogP contribution in [0.2, 0.25) is 0 Å². The Morgan fingerprint density at radius 3 is 2.33 bits per heavy atom. The summed E-state index contributed by atoms with van der Waals surface area (Å²) >= 11 is 0. The number of piperazine rings is 1. The third kappa shape index (κ3) is 9.32. The number of anilines is 1. The highest BCUT2D eigenvalue weighted by molar-refractivity contribution is 7.51. The van der Waals surface area contributed by atoms with E-state index < -0.39 is 37.7 Å². The van der Waals surface area contributed by atoms with Crippen LogP contribution in [0.5, 0.6) is 0 Å². The summed E-state index contributed by atoms with van der Waals surface area (Å²) < 4.78 is 17.1. The molecule has 3 rings (SSSR count). The van der Waals surface area contributed by atoms with Crippen molar-refractivity contribution in [1.82, 2.24) is 20.1 Å². The molecule has 2 aromatic rings. The number of unbranched alkanes of at least 4 members (excludes halogenated alkanes) is 1. The highest BCUT2D eigenvalue weighted by atomic mass is 31.2. The van der Waals surface area contributed by atoms with Crippen LogP contribution in [0.1, 0.15) is 43.6 Å². The van der Waals surface area contributed by atoms with E-state index in [1.807, 2.05) is 50.2 Å². The third-order valence-corrected chi connectivity index (χ3v) is 7.14. The molecule has 0 aliphatic carbocycles. The molecule has 4 N–H and O–H groups in total. The molecule has 40 heavy (non-hydrogen) atoms. The van der Waals surface area contributed by atoms with Gasteiger partial charge in [-0.3, -0.25) is 14.2 Å². The fourth-order valence-corrected chi connectivity index (χ4v) is 4.88. The first kappa shape index (κ1) is 31.1. The van der Waals surface area contributed by atoms with E-state index in [0.29, 0.717) is 24.5 Å². The molecule has 0 spiro atoms. The lowest BCUT2D eigenvalue weighted by Crippen LogP contribution is -2.56. The number of benzene rings is 1. The van der Waals surface area contributed by atoms with Gasteiger partial charge in [0.2, 0.25) is 5.91 Å². The van der Waals surface area contributed by atoms with Crippen molar-refractivity contribution in [2.45, 2.75) is 39.2 Å². The maximum Gasteiger partial charge on any atom is 0.409 e. The van der Waals surface area contributed by atoms with Crippen LogP contribution in [0.3, 0.4) is 0 Å². The zero-order valence-corrected chi connectivity index (χ0v) is 23.8. The summed E-state index contributed by atoms with van der Waals surface area (Å²) in [6.45, 7) is 5.68. The first-order valence-electron chi connectivity index (χ1n) is 13.5. The van der Waals surface area contributed by atoms with Gasteiger partial charge in [0.15, 0.2) is 0 Å². The first-order valence-corrected chi connectivity index (χ1v) is 15.3. The number of nitrogens with one attached hydrogen (secondary N) is 2. The van der Waals surface area contributed by atoms with E-state index in [1.54, 1.807) is 6.07 Å². The Balaban J connectivity index is 1.76. The molecular formula is C27H38N5O7P. The van der Waals surface area contributed by atoms with Crippen LogP contribution in [0, 0.1) is 0 Å². The molecule has 218 valence electrons. The van der Waals surface area contributed by atoms with Crippen LogP contribution in [0.4, 0.5) is 10.5 Å². The predicted molar refractivity (Wildman–Crippen MR) is 151 cm³/mol. The fourth-order valence-electron chi connectivity index (χ4n) is 4.16. The van der Waals surface area contributed by atoms with E-state index in [0.717, 1.165) is 24.8 Å². The summed E-state index contributed by atoms with van der Waals surface area (Å²) in [6, 6.07) is 11.1. The minimum absolute atomic E-state index is 0.00288. The normalized spacial score (nSPS) is 14.4. The summed E-state index contributed by atoms with van der Waals surface area (Å²) in [7, 11) is -4.68. The molecule has 13 heteroatoms. The molecule has 0 unspecified atom stereocenters. The van der Waals surface area contributed by atoms with E-state index in [1.165, 1.54) is 9.80 Å². The summed E-state index contributed by atoms with van der Waals surface area (Å²) in [6.07, 6.45) is 1.18. The summed E-state index contributed by atoms with van der Waals surface area (Å²) in [4.78, 5) is 65.5. The Bertz CT molecular complexity index is 1200. The Labute approximate surface area is 234 Å². The fraction of sp³-hybridized carbons (Fsp3) is 0.481. The molecule has 2 heterocycles. The Kier molecular flexibility index (Phi) is 11.5. The molecule has 1 aliphatic rings. The highest BCUT2D eigenvalue weighted by Crippen LogP contribution is 2.35. The monoisotopic (exact) mass is 575 g/mol. The van der Waals surface area contributed by atoms with Gasteiger partial charge in [-0.1, -0.05) is 50.6 Å². The lowest BCUT2D eigenvalue weighted by molar-refractivity contribution is -0.134. The van der Waals surface area contributed by atoms with E-state index in [9.17, 15) is 28.7 Å². The van der Waals surface area contributed by atoms with Gasteiger partial charge in [0, 0.05) is 44.0 Å². The van der Waals surface area contributed by atoms with E-state index in [-0.39, 0.29) is 31.9 Å². The minimum Gasteiger partial charge on any atom is -0.449 e. The maximum absolute atomic E-state index is 13.3. The van der Waals surface area contributed by atoms with Gasteiger partial charge in [0.1, 0.15) is 11.7 Å². The van der Waals surface area contributed by atoms with Crippen LogP contribution in [0.25, 0.3) is 11.3 Å². The zero-order valence-electron chi connectivity index (χ0n) is 22.9. The number of hydrogen-bond acceptors (Lipinski definition) is 7. The molecular weight excluding hydrogens is 537 g/mol. The van der Waals surface area contributed by atoms with Gasteiger partial charge in [-0.25, -0.2) is 9.78 Å². The number of amides is 3. The van der Waals surface area contributed by atoms with Crippen molar-refractivity contribution in [2.24, 2.45) is 0 Å². The van der Waals surface area contributed by atoms with Crippen LogP contribution >= 0.6 is 7.60 Å². The van der Waals surface area contributed by atoms with Gasteiger partial charge >= 0.3 is 13.7 Å². The lowest BCUT2D eigenvalue weighted by Gasteiger charge is -2.36. The second kappa shape index (κ2) is 14.8. The van der Waals surface area contributed by atoms with Crippen molar-refractivity contribution >= 4 is 31.2 Å². The molecule has 1 aliphatic heterocycles. The number of aromatic nitrogens is 1. The topological polar surface area (TPSA) is 161 Å². The Hall–Kier alpha value is -3.47. The van der Waals surface area contributed by atoms with Crippen LogP contribution in [-0.2, 0) is 14.1 Å². The number of carbonyl (C=O) groups is 3. The van der Waals surface area contributed by atoms with Crippen LogP contribution in [-0.4, -0.2) is 94.0 Å². The number of carbonyl (C=O) groups excluding carboxylic acids is 3. The average Bonchev–Trinajstić information content (AvgIpc) is 2.95. The molecule has 1 aromatic carbocycles. The first-order chi connectivity index (χ1) is 19.1. The second-order valence-corrected chi connectivity index (χ2v) is 11.3. The van der Waals surface area contributed by atoms with Crippen molar-refractivity contribution in [1.29, 1.82) is 0 Å². The third-order valence-electron chi connectivity index (χ3n) is 6.30. The van der Waals surface area contributed by atoms with Crippen molar-refractivity contribution in [2.75, 3.05) is 50.8 Å². The van der Waals surface area contributed by atoms with Gasteiger partial charge in [-0.2, -0.15) is 0 Å². The Morgan fingerprint density at radius 2 is 1.70 bits per heavy atom. The number of ether oxygens (including phenoxy) is 1. The predicted octanol–water partition coefficient (Wildman–Crippen LogP) is 2.93. The number of rotatable bonds is 12. The second-order valence-electron chi connectivity index (χ2n) is 9.57. The van der Waals surface area contributed by atoms with Gasteiger partial charge in [-0.05, 0) is 25.0 Å². The summed E-state index contributed by atoms with van der Waals surface area (Å²) in [5, 5.41) is 5.73. The standard InChI is InChI=1S/C27H38N5O7P/c1-3-5-16-39-27(35)32-14-12-31(13-15-32)26(34)24(19-40(36,37)38)30-25(33)23-18-21(28-11-4-2)17-22(29-23)20-9-7-6-8-10-20/h6-10,17-18,24H,3-5,11-16,19H2,1-2H3,(H,28,29)(H,30,33)(H2,36,37,38)/t24-/m0/s1. The molecule has 1 aromatic heterocycles. The maximum atomic E-state index is 13.3. The van der Waals surface area contributed by atoms with Gasteiger partial charge < -0.3 is 35.0 Å². The van der Waals surface area contributed by atoms with Crippen LogP contribution in [0.15, 0.2) is 42.5 Å². The molecule has 0 saturated carbocycles. The Morgan fingerprint density at radius 1 is 1.02 bits per heavy atom. The van der Waals surface area contributed by atoms with Gasteiger partial charge in [-0.15, -0.1) is 0 Å². The van der Waals surface area contributed by atoms with Gasteiger partial charge in [0.25, 0.3) is 5.91 Å². The minimum atomic E-state index is -4.68. The van der Waals surface area contributed by atoms with Crippen molar-refractivity contribution in [3.8, 4) is 11.3 Å². The SMILES string of the molecule is CCCCOC(=O)N1CCN(C(=O)[C@H](CP(=O)(O)O)NC(=O)c2cc(NCCC)cc(-c3ccccc3)n2)CC1. The number of pyridine rings is 1. The highest BCUT2D eigenvalue weighted by Gasteiger charge is 2.35. The number of hydrogen-bond donors (Lipinski definition) is 4.